The van der Waals surface area contributed by atoms with Crippen molar-refractivity contribution in [2.75, 3.05) is 56.9 Å². The van der Waals surface area contributed by atoms with Crippen molar-refractivity contribution < 1.29 is 96.7 Å². The summed E-state index contributed by atoms with van der Waals surface area (Å²) in [5.74, 6) is 3.67. The van der Waals surface area contributed by atoms with Crippen LogP contribution < -0.4 is 59.2 Å². The van der Waals surface area contributed by atoms with Crippen LogP contribution in [-0.4, -0.2) is 188 Å². The van der Waals surface area contributed by atoms with E-state index < -0.39 is 48.0 Å². The average molecular weight is 2000 g/mol. The number of carbonyl (C=O) groups is 8. The molecule has 0 bridgehead atoms. The molecule has 8 aromatic rings. The van der Waals surface area contributed by atoms with Crippen molar-refractivity contribution in [1.29, 1.82) is 0 Å². The van der Waals surface area contributed by atoms with Crippen LogP contribution >= 0.6 is 0 Å². The first kappa shape index (κ1) is 115. The van der Waals surface area contributed by atoms with Gasteiger partial charge in [-0.3, -0.25) is 57.1 Å². The van der Waals surface area contributed by atoms with Crippen LogP contribution in [0, 0.1) is 47.3 Å². The summed E-state index contributed by atoms with van der Waals surface area (Å²) in [6, 6.07) is 27.5. The molecule has 32 heteroatoms. The van der Waals surface area contributed by atoms with Gasteiger partial charge in [-0.15, -0.1) is 0 Å². The van der Waals surface area contributed by atoms with Crippen molar-refractivity contribution in [1.82, 2.24) is 60.4 Å². The summed E-state index contributed by atoms with van der Waals surface area (Å²) in [4.78, 5) is 99.3. The highest BCUT2D eigenvalue weighted by Crippen LogP contribution is 2.45. The number of carboxylic acid groups (broad SMARTS) is 4. The molecule has 32 nitrogen and oxygen atoms in total. The molecule has 0 saturated heterocycles. The van der Waals surface area contributed by atoms with E-state index in [0.29, 0.717) is 138 Å². The molecule has 4 fully saturated rings. The van der Waals surface area contributed by atoms with E-state index in [1.54, 1.807) is 85.8 Å². The van der Waals surface area contributed by atoms with Gasteiger partial charge in [0.1, 0.15) is 46.0 Å². The Morgan fingerprint density at radius 1 is 0.326 bits per heavy atom. The molecule has 4 saturated carbocycles. The zero-order valence-corrected chi connectivity index (χ0v) is 88.5. The van der Waals surface area contributed by atoms with Gasteiger partial charge in [0, 0.05) is 43.8 Å². The van der Waals surface area contributed by atoms with Gasteiger partial charge in [0.05, 0.1) is 134 Å². The van der Waals surface area contributed by atoms with Gasteiger partial charge in [0.2, 0.25) is 0 Å². The minimum atomic E-state index is -0.914. The van der Waals surface area contributed by atoms with Crippen LogP contribution in [0.5, 0.6) is 46.0 Å². The number of amides is 4. The fraction of sp³-hybridized carbons (Fsp3) is 0.607. The fourth-order valence-corrected chi connectivity index (χ4v) is 20.3. The lowest BCUT2D eigenvalue weighted by atomic mass is 9.85. The molecule has 4 aliphatic rings. The van der Waals surface area contributed by atoms with E-state index in [0.717, 1.165) is 84.3 Å². The number of methoxy groups -OCH3 is 8. The second kappa shape index (κ2) is 59.3. The number of ether oxygens (including phenoxy) is 8. The van der Waals surface area contributed by atoms with Crippen LogP contribution in [-0.2, 0) is 38.8 Å². The predicted octanol–water partition coefficient (Wildman–Crippen LogP) is 22.4. The molecule has 12 rings (SSSR count). The lowest BCUT2D eigenvalue weighted by Crippen LogP contribution is -2.37. The predicted molar refractivity (Wildman–Crippen MR) is 558 cm³/mol. The Hall–Kier alpha value is -12.1. The quantitative estimate of drug-likeness (QED) is 0.0175. The van der Waals surface area contributed by atoms with Crippen molar-refractivity contribution in [3.63, 3.8) is 0 Å². The van der Waals surface area contributed by atoms with Crippen LogP contribution in [0.15, 0.2) is 97.1 Å². The Balaban J connectivity index is 0.000000214. The Labute approximate surface area is 852 Å². The van der Waals surface area contributed by atoms with Gasteiger partial charge in [-0.2, -0.15) is 20.4 Å². The van der Waals surface area contributed by atoms with Crippen LogP contribution in [0.1, 0.15) is 335 Å². The number of rotatable bonds is 51. The van der Waals surface area contributed by atoms with Crippen LogP contribution in [0.25, 0.3) is 45.0 Å². The summed E-state index contributed by atoms with van der Waals surface area (Å²) in [7, 11) is 12.8. The van der Waals surface area contributed by atoms with E-state index in [1.807, 2.05) is 86.8 Å². The van der Waals surface area contributed by atoms with Gasteiger partial charge in [-0.25, -0.2) is 0 Å². The molecule has 0 aliphatic heterocycles. The Morgan fingerprint density at radius 2 is 0.562 bits per heavy atom. The minimum absolute atomic E-state index is 0.00251. The number of aromatic nitrogens is 8. The third-order valence-corrected chi connectivity index (χ3v) is 29.0. The zero-order chi connectivity index (χ0) is 104. The van der Waals surface area contributed by atoms with Crippen LogP contribution in [0.4, 0.5) is 0 Å². The zero-order valence-electron chi connectivity index (χ0n) is 88.5. The van der Waals surface area contributed by atoms with Crippen LogP contribution in [0.2, 0.25) is 0 Å². The molecule has 4 aliphatic carbocycles. The third kappa shape index (κ3) is 34.6. The molecular formula is C112H164N12O20. The van der Waals surface area contributed by atoms with Gasteiger partial charge in [0.15, 0.2) is 22.8 Å². The summed E-state index contributed by atoms with van der Waals surface area (Å²) in [5.41, 5.74) is 6.85. The number of carboxylic acids is 4. The number of nitrogens with zero attached hydrogens (tertiary/aromatic N) is 8. The van der Waals surface area contributed by atoms with E-state index in [-0.39, 0.29) is 84.0 Å². The number of carbonyl (C=O) groups excluding carboxylic acids is 4. The highest BCUT2D eigenvalue weighted by Gasteiger charge is 2.34. The lowest BCUT2D eigenvalue weighted by molar-refractivity contribution is -0.138. The average Bonchev–Trinajstić information content (AvgIpc) is 1.61. The number of aliphatic carboxylic acids is 4. The van der Waals surface area contributed by atoms with Crippen molar-refractivity contribution in [3.8, 4) is 91.0 Å². The molecule has 144 heavy (non-hydrogen) atoms. The summed E-state index contributed by atoms with van der Waals surface area (Å²) in [6.07, 6.45) is 33.5. The second-order valence-electron chi connectivity index (χ2n) is 40.3. The molecular weight excluding hydrogens is 1830 g/mol. The standard InChI is InChI=1S/C29H43N3O5.2C28H41N3O5.C27H39N3O5/c1-5-20(6-2)19-32-24(28-25(36-3)13-10-14-26(28)37-4)18-23(31-32)29(35)30-22(17-27(33)34)16-15-21-11-8-7-9-12-21;1-18(2)19(3)31-23(27-24(35-4)12-9-13-25(27)36-5)17-22(30-31)28(34)29-21(16-26(32)33)15-14-20-10-7-6-8-11-20;1-5-19(2)18-31-23(27-24(35-3)12-9-13-25(27)36-4)17-22(30-31)28(34)29-21(16-26(32)33)15-14-20-10-7-6-8-11-20;1-18(2)17-30-22(26-23(34-3)11-8-12-24(26)35-4)16-21(29-30)27(33)28-20(15-25(31)32)14-13-19-9-6-5-7-10-19/h10,13-14,18,20-22H,5-9,11-12,15-17,19H2,1-4H3,(H,30,35)(H,33,34);9,12-13,17-21H,6-8,10-11,14-16H2,1-5H3,(H,29,34)(H,32,33);9,12-13,17,19-21H,5-8,10-11,14-16,18H2,1-4H3,(H,29,34)(H,32,33);8,11-12,16,18-20H,5-7,9-10,13-15,17H2,1-4H3,(H,28,33)(H,31,32)/t22-;2*19?,21-;20-/m0000/s1. The highest BCUT2D eigenvalue weighted by atomic mass is 16.5. The van der Waals surface area contributed by atoms with Crippen molar-refractivity contribution in [2.24, 2.45) is 47.3 Å². The maximum absolute atomic E-state index is 13.4. The monoisotopic (exact) mass is 2000 g/mol. The molecule has 8 N–H and O–H groups in total. The van der Waals surface area contributed by atoms with Crippen molar-refractivity contribution in [3.05, 3.63) is 120 Å². The molecule has 6 atom stereocenters. The third-order valence-electron chi connectivity index (χ3n) is 29.0. The van der Waals surface area contributed by atoms with E-state index in [4.69, 9.17) is 43.0 Å². The second-order valence-corrected chi connectivity index (χ2v) is 40.3. The Morgan fingerprint density at radius 3 is 0.792 bits per heavy atom. The molecule has 4 amide bonds. The molecule has 0 spiro atoms. The molecule has 4 heterocycles. The SMILES string of the molecule is CCC(C)Cn1nc(C(=O)N[C@@H](CCC2CCCCC2)CC(=O)O)cc1-c1c(OC)cccc1OC.CCC(CC)Cn1nc(C(=O)N[C@@H](CCC2CCCCC2)CC(=O)O)cc1-c1c(OC)cccc1OC.COc1cccc(OC)c1-c1cc(C(=O)N[C@@H](CCC2CCCCC2)CC(=O)O)nn1C(C)C(C)C.COc1cccc(OC)c1-c1cc(C(=O)N[C@@H](CCC2CCCCC2)CC(=O)O)nn1CC(C)C. The van der Waals surface area contributed by atoms with E-state index >= 15 is 0 Å². The van der Waals surface area contributed by atoms with Gasteiger partial charge < -0.3 is 79.6 Å². The molecule has 2 unspecified atom stereocenters. The highest BCUT2D eigenvalue weighted by molar-refractivity contribution is 5.97. The molecule has 792 valence electrons. The number of hydrogen-bond donors (Lipinski definition) is 8. The Bertz CT molecular complexity index is 5270. The van der Waals surface area contributed by atoms with Crippen molar-refractivity contribution >= 4 is 47.5 Å². The molecule has 4 aromatic heterocycles. The van der Waals surface area contributed by atoms with Crippen molar-refractivity contribution in [2.45, 2.75) is 337 Å². The van der Waals surface area contributed by atoms with Crippen LogP contribution in [0.3, 0.4) is 0 Å². The lowest BCUT2D eigenvalue weighted by Gasteiger charge is -2.24. The Kier molecular flexibility index (Phi) is 47.6. The maximum Gasteiger partial charge on any atom is 0.305 e. The maximum atomic E-state index is 13.4. The van der Waals surface area contributed by atoms with Gasteiger partial charge in [-0.05, 0) is 178 Å². The van der Waals surface area contributed by atoms with Gasteiger partial charge in [-0.1, -0.05) is 227 Å². The first-order chi connectivity index (χ1) is 69.3. The molecule has 4 aromatic carbocycles. The summed E-state index contributed by atoms with van der Waals surface area (Å²) in [6.45, 7) is 20.9. The summed E-state index contributed by atoms with van der Waals surface area (Å²) in [5, 5.41) is 68.3. The fourth-order valence-electron chi connectivity index (χ4n) is 20.3. The molecule has 0 radical (unpaired) electrons. The normalized spacial score (nSPS) is 15.4. The van der Waals surface area contributed by atoms with Gasteiger partial charge in [0.25, 0.3) is 23.6 Å². The largest absolute Gasteiger partial charge is 0.496 e. The smallest absolute Gasteiger partial charge is 0.305 e. The van der Waals surface area contributed by atoms with E-state index in [9.17, 15) is 58.8 Å². The first-order valence-corrected chi connectivity index (χ1v) is 52.6. The number of hydrogen-bond acceptors (Lipinski definition) is 20. The number of benzene rings is 4. The van der Waals surface area contributed by atoms with E-state index in [2.05, 4.69) is 98.9 Å². The summed E-state index contributed by atoms with van der Waals surface area (Å²) < 4.78 is 52.2. The van der Waals surface area contributed by atoms with Gasteiger partial charge >= 0.3 is 23.9 Å². The first-order valence-electron chi connectivity index (χ1n) is 52.6. The topological polar surface area (TPSA) is 411 Å². The summed E-state index contributed by atoms with van der Waals surface area (Å²) >= 11 is 0. The van der Waals surface area contributed by atoms with E-state index in [1.165, 1.54) is 128 Å². The number of nitrogens with one attached hydrogen (secondary N) is 4. The minimum Gasteiger partial charge on any atom is -0.496 e.